The zero-order valence-electron chi connectivity index (χ0n) is 11.4. The van der Waals surface area contributed by atoms with E-state index in [0.717, 1.165) is 0 Å². The quantitative estimate of drug-likeness (QED) is 0.821. The second-order valence-corrected chi connectivity index (χ2v) is 4.80. The minimum Gasteiger partial charge on any atom is -0.495 e. The van der Waals surface area contributed by atoms with Gasteiger partial charge in [0.1, 0.15) is 11.8 Å². The molecule has 1 aromatic rings. The molecule has 1 saturated heterocycles. The van der Waals surface area contributed by atoms with Crippen molar-refractivity contribution in [1.82, 2.24) is 5.32 Å². The van der Waals surface area contributed by atoms with Crippen LogP contribution in [0, 0.1) is 0 Å². The lowest BCUT2D eigenvalue weighted by Gasteiger charge is -2.17. The fraction of sp³-hybridized carbons (Fsp3) is 0.308. The normalized spacial score (nSPS) is 17.9. The highest BCUT2D eigenvalue weighted by Crippen LogP contribution is 2.31. The van der Waals surface area contributed by atoms with Crippen LogP contribution in [-0.4, -0.2) is 30.1 Å². The summed E-state index contributed by atoms with van der Waals surface area (Å²) in [7, 11) is 1.51. The van der Waals surface area contributed by atoms with Gasteiger partial charge in [-0.25, -0.2) is 0 Å². The molecule has 1 aliphatic heterocycles. The molecule has 1 atom stereocenters. The molecule has 0 radical (unpaired) electrons. The van der Waals surface area contributed by atoms with Gasteiger partial charge in [0.25, 0.3) is 5.91 Å². The number of ether oxygens (including phenoxy) is 1. The SMILES string of the molecule is COc1ccc(N2C(=O)C(C)NC2=S)cc1NC(C)=O. The van der Waals surface area contributed by atoms with Crippen LogP contribution in [0.5, 0.6) is 5.75 Å². The number of benzene rings is 1. The van der Waals surface area contributed by atoms with Gasteiger partial charge in [0.15, 0.2) is 5.11 Å². The Labute approximate surface area is 122 Å². The smallest absolute Gasteiger partial charge is 0.255 e. The lowest BCUT2D eigenvalue weighted by Crippen LogP contribution is -2.30. The molecule has 0 spiro atoms. The van der Waals surface area contributed by atoms with Crippen LogP contribution in [0.3, 0.4) is 0 Å². The van der Waals surface area contributed by atoms with E-state index in [1.54, 1.807) is 25.1 Å². The van der Waals surface area contributed by atoms with Gasteiger partial charge in [0.2, 0.25) is 5.91 Å². The number of hydrogen-bond donors (Lipinski definition) is 2. The number of nitrogens with one attached hydrogen (secondary N) is 2. The van der Waals surface area contributed by atoms with E-state index in [2.05, 4.69) is 10.6 Å². The maximum Gasteiger partial charge on any atom is 0.255 e. The first-order valence-corrected chi connectivity index (χ1v) is 6.45. The predicted octanol–water partition coefficient (Wildman–Crippen LogP) is 1.26. The summed E-state index contributed by atoms with van der Waals surface area (Å²) in [5.74, 6) is 0.165. The fourth-order valence-corrected chi connectivity index (χ4v) is 2.34. The molecular weight excluding hydrogens is 278 g/mol. The maximum absolute atomic E-state index is 12.1. The Bertz CT molecular complexity index is 588. The molecule has 0 saturated carbocycles. The first kappa shape index (κ1) is 14.3. The number of methoxy groups -OCH3 is 1. The number of hydrogen-bond acceptors (Lipinski definition) is 4. The van der Waals surface area contributed by atoms with Crippen molar-refractivity contribution in [3.05, 3.63) is 18.2 Å². The highest BCUT2D eigenvalue weighted by molar-refractivity contribution is 7.80. The highest BCUT2D eigenvalue weighted by Gasteiger charge is 2.33. The molecule has 1 unspecified atom stereocenters. The van der Waals surface area contributed by atoms with Crippen LogP contribution in [0.15, 0.2) is 18.2 Å². The molecule has 1 aromatic carbocycles. The number of carbonyl (C=O) groups excluding carboxylic acids is 2. The van der Waals surface area contributed by atoms with Gasteiger partial charge in [0, 0.05) is 6.92 Å². The summed E-state index contributed by atoms with van der Waals surface area (Å²) in [5, 5.41) is 5.91. The Morgan fingerprint density at radius 3 is 2.70 bits per heavy atom. The Hall–Kier alpha value is -2.15. The second-order valence-electron chi connectivity index (χ2n) is 4.41. The van der Waals surface area contributed by atoms with Gasteiger partial charge in [-0.1, -0.05) is 0 Å². The van der Waals surface area contributed by atoms with Gasteiger partial charge in [0.05, 0.1) is 18.5 Å². The summed E-state index contributed by atoms with van der Waals surface area (Å²) in [4.78, 5) is 24.7. The maximum atomic E-state index is 12.1. The van der Waals surface area contributed by atoms with E-state index in [1.165, 1.54) is 18.9 Å². The van der Waals surface area contributed by atoms with Crippen LogP contribution in [0.2, 0.25) is 0 Å². The van der Waals surface area contributed by atoms with E-state index in [-0.39, 0.29) is 17.9 Å². The Kier molecular flexibility index (Phi) is 3.89. The summed E-state index contributed by atoms with van der Waals surface area (Å²) < 4.78 is 5.17. The molecule has 20 heavy (non-hydrogen) atoms. The van der Waals surface area contributed by atoms with Gasteiger partial charge in [-0.2, -0.15) is 0 Å². The third-order valence-electron chi connectivity index (χ3n) is 2.89. The van der Waals surface area contributed by atoms with Crippen molar-refractivity contribution in [2.75, 3.05) is 17.3 Å². The molecule has 0 aliphatic carbocycles. The van der Waals surface area contributed by atoms with Gasteiger partial charge in [-0.3, -0.25) is 14.5 Å². The van der Waals surface area contributed by atoms with Crippen molar-refractivity contribution in [2.24, 2.45) is 0 Å². The fourth-order valence-electron chi connectivity index (χ4n) is 1.97. The Morgan fingerprint density at radius 1 is 1.50 bits per heavy atom. The average Bonchev–Trinajstić information content (AvgIpc) is 2.62. The van der Waals surface area contributed by atoms with Crippen LogP contribution in [-0.2, 0) is 9.59 Å². The molecule has 2 N–H and O–H groups in total. The second kappa shape index (κ2) is 5.46. The van der Waals surface area contributed by atoms with E-state index >= 15 is 0 Å². The molecule has 1 heterocycles. The van der Waals surface area contributed by atoms with Crippen molar-refractivity contribution in [2.45, 2.75) is 19.9 Å². The summed E-state index contributed by atoms with van der Waals surface area (Å²) in [6, 6.07) is 4.70. The van der Waals surface area contributed by atoms with Crippen LogP contribution in [0.1, 0.15) is 13.8 Å². The molecule has 6 nitrogen and oxygen atoms in total. The third kappa shape index (κ3) is 2.57. The monoisotopic (exact) mass is 293 g/mol. The summed E-state index contributed by atoms with van der Waals surface area (Å²) in [6.07, 6.45) is 0. The van der Waals surface area contributed by atoms with E-state index in [0.29, 0.717) is 22.2 Å². The molecule has 1 aliphatic rings. The highest BCUT2D eigenvalue weighted by atomic mass is 32.1. The number of amides is 2. The third-order valence-corrected chi connectivity index (χ3v) is 3.19. The average molecular weight is 293 g/mol. The molecular formula is C13H15N3O3S. The van der Waals surface area contributed by atoms with Crippen LogP contribution in [0.25, 0.3) is 0 Å². The summed E-state index contributed by atoms with van der Waals surface area (Å²) >= 11 is 5.14. The van der Waals surface area contributed by atoms with Crippen molar-refractivity contribution < 1.29 is 14.3 Å². The number of rotatable bonds is 3. The number of carbonyl (C=O) groups is 2. The molecule has 0 bridgehead atoms. The molecule has 1 fully saturated rings. The van der Waals surface area contributed by atoms with Crippen molar-refractivity contribution >= 4 is 40.5 Å². The minimum absolute atomic E-state index is 0.131. The standard InChI is InChI=1S/C13H15N3O3S/c1-7-12(18)16(13(20)14-7)9-4-5-11(19-3)10(6-9)15-8(2)17/h4-7H,1-3H3,(H,14,20)(H,15,17). The van der Waals surface area contributed by atoms with Crippen LogP contribution < -0.4 is 20.3 Å². The predicted molar refractivity (Wildman–Crippen MR) is 80.0 cm³/mol. The lowest BCUT2D eigenvalue weighted by molar-refractivity contribution is -0.118. The van der Waals surface area contributed by atoms with Crippen LogP contribution in [0.4, 0.5) is 11.4 Å². The van der Waals surface area contributed by atoms with Crippen molar-refractivity contribution in [3.63, 3.8) is 0 Å². The Balaban J connectivity index is 2.40. The number of thiocarbonyl (C=S) groups is 1. The van der Waals surface area contributed by atoms with E-state index < -0.39 is 0 Å². The summed E-state index contributed by atoms with van der Waals surface area (Å²) in [6.45, 7) is 3.15. The van der Waals surface area contributed by atoms with Gasteiger partial charge in [-0.05, 0) is 37.3 Å². The topological polar surface area (TPSA) is 70.7 Å². The molecule has 2 amide bonds. The van der Waals surface area contributed by atoms with E-state index in [1.807, 2.05) is 0 Å². The molecule has 7 heteroatoms. The van der Waals surface area contributed by atoms with Gasteiger partial charge >= 0.3 is 0 Å². The number of nitrogens with zero attached hydrogens (tertiary/aromatic N) is 1. The Morgan fingerprint density at radius 2 is 2.20 bits per heavy atom. The summed E-state index contributed by atoms with van der Waals surface area (Å²) in [5.41, 5.74) is 1.08. The molecule has 106 valence electrons. The largest absolute Gasteiger partial charge is 0.495 e. The zero-order valence-corrected chi connectivity index (χ0v) is 12.2. The lowest BCUT2D eigenvalue weighted by atomic mass is 10.2. The molecule has 0 aromatic heterocycles. The molecule has 2 rings (SSSR count). The van der Waals surface area contributed by atoms with Gasteiger partial charge in [-0.15, -0.1) is 0 Å². The van der Waals surface area contributed by atoms with Crippen molar-refractivity contribution in [1.29, 1.82) is 0 Å². The van der Waals surface area contributed by atoms with Crippen LogP contribution >= 0.6 is 12.2 Å². The van der Waals surface area contributed by atoms with Gasteiger partial charge < -0.3 is 15.4 Å². The van der Waals surface area contributed by atoms with Crippen molar-refractivity contribution in [3.8, 4) is 5.75 Å². The van der Waals surface area contributed by atoms with E-state index in [9.17, 15) is 9.59 Å². The number of anilines is 2. The van der Waals surface area contributed by atoms with E-state index in [4.69, 9.17) is 17.0 Å². The minimum atomic E-state index is -0.353. The first-order chi connectivity index (χ1) is 9.43. The zero-order chi connectivity index (χ0) is 14.9. The first-order valence-electron chi connectivity index (χ1n) is 6.04.